The van der Waals surface area contributed by atoms with Crippen LogP contribution >= 0.6 is 12.2 Å². The lowest BCUT2D eigenvalue weighted by molar-refractivity contribution is -0.132. The summed E-state index contributed by atoms with van der Waals surface area (Å²) in [5, 5.41) is 19.5. The summed E-state index contributed by atoms with van der Waals surface area (Å²) < 4.78 is 25.3. The quantitative estimate of drug-likeness (QED) is 0.119. The van der Waals surface area contributed by atoms with Crippen LogP contribution in [-0.2, 0) is 14.8 Å². The molecule has 0 aromatic heterocycles. The standard InChI is InChI=1S/C28H51N5O4S2/c1-6-21-15-12-16-23(17-21)27(35)31-33(8-3)19-26(34)25(18-22-13-10-9-11-14-22)29-20(4)24(7-2)30-28(38)32-39(5,36)37/h7,21-23,25-26,29,34H,4,6,8-19H2,1-3,5H3,(H,31,35)(H2,30,32,38)/b24-7-/t21?,23?,25-,26+/m0/s1. The Hall–Kier alpha value is -1.69. The van der Waals surface area contributed by atoms with Crippen molar-refractivity contribution in [2.24, 2.45) is 17.8 Å². The van der Waals surface area contributed by atoms with E-state index in [1.807, 2.05) is 11.9 Å². The van der Waals surface area contributed by atoms with Gasteiger partial charge in [-0.05, 0) is 50.2 Å². The van der Waals surface area contributed by atoms with Crippen molar-refractivity contribution in [2.45, 2.75) is 104 Å². The van der Waals surface area contributed by atoms with Gasteiger partial charge in [0.15, 0.2) is 5.11 Å². The summed E-state index contributed by atoms with van der Waals surface area (Å²) in [7, 11) is -3.51. The normalized spacial score (nSPS) is 22.6. The van der Waals surface area contributed by atoms with Crippen LogP contribution in [0.3, 0.4) is 0 Å². The van der Waals surface area contributed by atoms with Crippen LogP contribution in [0.2, 0.25) is 0 Å². The second-order valence-corrected chi connectivity index (χ2v) is 13.4. The summed E-state index contributed by atoms with van der Waals surface area (Å²) in [6.07, 6.45) is 13.9. The average Bonchev–Trinajstić information content (AvgIpc) is 2.90. The molecule has 0 aromatic carbocycles. The number of carbonyl (C=O) groups excluding carboxylic acids is 1. The number of sulfonamides is 1. The van der Waals surface area contributed by atoms with Gasteiger partial charge in [0.2, 0.25) is 15.9 Å². The summed E-state index contributed by atoms with van der Waals surface area (Å²) in [6.45, 7) is 11.0. The van der Waals surface area contributed by atoms with E-state index in [0.29, 0.717) is 29.8 Å². The zero-order valence-corrected chi connectivity index (χ0v) is 25.9. The highest BCUT2D eigenvalue weighted by molar-refractivity contribution is 7.91. The van der Waals surface area contributed by atoms with E-state index in [0.717, 1.165) is 51.2 Å². The van der Waals surface area contributed by atoms with Gasteiger partial charge in [0, 0.05) is 19.0 Å². The molecule has 0 radical (unpaired) electrons. The van der Waals surface area contributed by atoms with E-state index in [9.17, 15) is 18.3 Å². The number of aliphatic hydroxyl groups is 1. The van der Waals surface area contributed by atoms with Crippen molar-refractivity contribution in [1.82, 2.24) is 25.8 Å². The molecule has 2 unspecified atom stereocenters. The van der Waals surface area contributed by atoms with Gasteiger partial charge in [-0.1, -0.05) is 77.9 Å². The van der Waals surface area contributed by atoms with Gasteiger partial charge in [-0.3, -0.25) is 14.9 Å². The first-order chi connectivity index (χ1) is 18.4. The van der Waals surface area contributed by atoms with Gasteiger partial charge < -0.3 is 15.7 Å². The van der Waals surface area contributed by atoms with E-state index in [1.165, 1.54) is 25.7 Å². The molecule has 1 amide bonds. The van der Waals surface area contributed by atoms with Crippen LogP contribution < -0.4 is 20.8 Å². The van der Waals surface area contributed by atoms with Gasteiger partial charge in [0.25, 0.3) is 0 Å². The maximum atomic E-state index is 13.1. The molecule has 2 aliphatic carbocycles. The van der Waals surface area contributed by atoms with Crippen molar-refractivity contribution in [3.8, 4) is 0 Å². The third kappa shape index (κ3) is 12.2. The monoisotopic (exact) mass is 585 g/mol. The van der Waals surface area contributed by atoms with Crippen molar-refractivity contribution in [1.29, 1.82) is 0 Å². The first-order valence-electron chi connectivity index (χ1n) is 14.6. The van der Waals surface area contributed by atoms with Crippen molar-refractivity contribution in [2.75, 3.05) is 19.3 Å². The first kappa shape index (κ1) is 33.5. The average molecular weight is 586 g/mol. The lowest BCUT2D eigenvalue weighted by atomic mass is 9.80. The largest absolute Gasteiger partial charge is 0.390 e. The lowest BCUT2D eigenvalue weighted by Crippen LogP contribution is -2.53. The topological polar surface area (TPSA) is 123 Å². The number of hydrogen-bond donors (Lipinski definition) is 5. The Morgan fingerprint density at radius 3 is 2.38 bits per heavy atom. The van der Waals surface area contributed by atoms with E-state index in [1.54, 1.807) is 13.0 Å². The SMILES string of the molecule is C=C(N[C@@H](CC1CCCCC1)[C@H](O)CN(CC)NC(=O)C1CCCC(CC)C1)/C(=C/C)NC(=S)NS(C)(=O)=O. The maximum absolute atomic E-state index is 13.1. The molecule has 9 nitrogen and oxygen atoms in total. The highest BCUT2D eigenvalue weighted by Gasteiger charge is 2.30. The van der Waals surface area contributed by atoms with E-state index in [2.05, 4.69) is 34.3 Å². The number of hydrazine groups is 1. The minimum absolute atomic E-state index is 0.0264. The number of allylic oxidation sites excluding steroid dienone is 1. The number of nitrogens with one attached hydrogen (secondary N) is 4. The number of carbonyl (C=O) groups is 1. The summed E-state index contributed by atoms with van der Waals surface area (Å²) in [5.74, 6) is 1.18. The number of hydrogen-bond acceptors (Lipinski definition) is 7. The van der Waals surface area contributed by atoms with Crippen LogP contribution in [0.5, 0.6) is 0 Å². The number of aliphatic hydroxyl groups excluding tert-OH is 1. The second kappa shape index (κ2) is 16.5. The van der Waals surface area contributed by atoms with E-state index in [4.69, 9.17) is 12.2 Å². The van der Waals surface area contributed by atoms with Gasteiger partial charge in [0.05, 0.1) is 29.8 Å². The Kier molecular flexibility index (Phi) is 14.2. The molecule has 0 aliphatic heterocycles. The fourth-order valence-corrected chi connectivity index (χ4v) is 6.74. The molecule has 11 heteroatoms. The van der Waals surface area contributed by atoms with Gasteiger partial charge in [-0.2, -0.15) is 0 Å². The predicted molar refractivity (Wildman–Crippen MR) is 162 cm³/mol. The summed E-state index contributed by atoms with van der Waals surface area (Å²) >= 11 is 5.13. The molecule has 0 heterocycles. The molecule has 2 saturated carbocycles. The molecule has 2 rings (SSSR count). The van der Waals surface area contributed by atoms with Gasteiger partial charge in [-0.15, -0.1) is 0 Å². The van der Waals surface area contributed by atoms with Crippen LogP contribution in [-0.4, -0.2) is 61.0 Å². The van der Waals surface area contributed by atoms with E-state index in [-0.39, 0.29) is 29.5 Å². The number of amides is 1. The van der Waals surface area contributed by atoms with Crippen LogP contribution in [0, 0.1) is 17.8 Å². The maximum Gasteiger partial charge on any atom is 0.237 e. The molecule has 0 bridgehead atoms. The Morgan fingerprint density at radius 2 is 1.79 bits per heavy atom. The Morgan fingerprint density at radius 1 is 1.13 bits per heavy atom. The summed E-state index contributed by atoms with van der Waals surface area (Å²) in [6, 6.07) is -0.307. The fraction of sp³-hybridized carbons (Fsp3) is 0.786. The van der Waals surface area contributed by atoms with Crippen LogP contribution in [0.4, 0.5) is 0 Å². The minimum atomic E-state index is -3.51. The molecule has 2 aliphatic rings. The molecule has 5 N–H and O–H groups in total. The number of rotatable bonds is 14. The highest BCUT2D eigenvalue weighted by Crippen LogP contribution is 2.31. The van der Waals surface area contributed by atoms with E-state index >= 15 is 0 Å². The number of likely N-dealkylation sites (N-methyl/N-ethyl adjacent to an activating group) is 1. The fourth-order valence-electron chi connectivity index (χ4n) is 5.79. The third-order valence-electron chi connectivity index (χ3n) is 8.06. The van der Waals surface area contributed by atoms with Gasteiger partial charge in [0.1, 0.15) is 0 Å². The molecule has 0 spiro atoms. The molecule has 0 aromatic rings. The molecule has 4 atom stereocenters. The molecule has 2 fully saturated rings. The highest BCUT2D eigenvalue weighted by atomic mass is 32.2. The molecule has 224 valence electrons. The smallest absolute Gasteiger partial charge is 0.237 e. The summed E-state index contributed by atoms with van der Waals surface area (Å²) in [5.41, 5.74) is 4.12. The van der Waals surface area contributed by atoms with Crippen LogP contribution in [0.1, 0.15) is 91.4 Å². The number of nitrogens with zero attached hydrogens (tertiary/aromatic N) is 1. The first-order valence-corrected chi connectivity index (χ1v) is 16.9. The number of thiocarbonyl (C=S) groups is 1. The zero-order valence-electron chi connectivity index (χ0n) is 24.3. The minimum Gasteiger partial charge on any atom is -0.390 e. The Bertz CT molecular complexity index is 950. The predicted octanol–water partition coefficient (Wildman–Crippen LogP) is 3.69. The van der Waals surface area contributed by atoms with Crippen molar-refractivity contribution in [3.63, 3.8) is 0 Å². The van der Waals surface area contributed by atoms with Crippen molar-refractivity contribution < 1.29 is 18.3 Å². The molecular weight excluding hydrogens is 534 g/mol. The van der Waals surface area contributed by atoms with Crippen molar-refractivity contribution in [3.05, 3.63) is 24.0 Å². The Labute approximate surface area is 241 Å². The Balaban J connectivity index is 2.07. The van der Waals surface area contributed by atoms with Crippen LogP contribution in [0.25, 0.3) is 0 Å². The van der Waals surface area contributed by atoms with Crippen molar-refractivity contribution >= 4 is 33.3 Å². The second-order valence-electron chi connectivity index (χ2n) is 11.2. The van der Waals surface area contributed by atoms with E-state index < -0.39 is 16.1 Å². The summed E-state index contributed by atoms with van der Waals surface area (Å²) in [4.78, 5) is 13.1. The third-order valence-corrected chi connectivity index (χ3v) is 8.97. The molecular formula is C28H51N5O4S2. The zero-order chi connectivity index (χ0) is 29.0. The van der Waals surface area contributed by atoms with Gasteiger partial charge >= 0.3 is 0 Å². The van der Waals surface area contributed by atoms with Gasteiger partial charge in [-0.25, -0.2) is 13.4 Å². The lowest BCUT2D eigenvalue weighted by Gasteiger charge is -2.35. The van der Waals surface area contributed by atoms with Crippen LogP contribution in [0.15, 0.2) is 24.0 Å². The molecule has 0 saturated heterocycles. The molecule has 39 heavy (non-hydrogen) atoms.